The fourth-order valence-corrected chi connectivity index (χ4v) is 4.17. The van der Waals surface area contributed by atoms with Crippen molar-refractivity contribution in [2.75, 3.05) is 31.8 Å². The highest BCUT2D eigenvalue weighted by atomic mass is 32.1. The number of amides is 1. The summed E-state index contributed by atoms with van der Waals surface area (Å²) in [4.78, 5) is 26.6. The number of nitrogens with zero attached hydrogens (tertiary/aromatic N) is 1. The molecule has 2 aromatic rings. The van der Waals surface area contributed by atoms with Crippen LogP contribution in [-0.4, -0.2) is 43.1 Å². The van der Waals surface area contributed by atoms with Crippen molar-refractivity contribution < 1.29 is 14.3 Å². The fourth-order valence-electron chi connectivity index (χ4n) is 2.67. The van der Waals surface area contributed by atoms with Crippen molar-refractivity contribution in [1.82, 2.24) is 4.90 Å². The first-order valence-corrected chi connectivity index (χ1v) is 9.46. The highest BCUT2D eigenvalue weighted by molar-refractivity contribution is 7.80. The number of anilines is 2. The van der Waals surface area contributed by atoms with E-state index in [4.69, 9.17) is 17.0 Å². The van der Waals surface area contributed by atoms with Gasteiger partial charge < -0.3 is 20.3 Å². The van der Waals surface area contributed by atoms with Crippen molar-refractivity contribution in [2.45, 2.75) is 20.8 Å². The molecule has 0 saturated carbocycles. The molecule has 0 aliphatic rings. The number of rotatable bonds is 4. The molecule has 0 unspecified atom stereocenters. The largest absolute Gasteiger partial charge is 0.465 e. The van der Waals surface area contributed by atoms with Gasteiger partial charge in [0.05, 0.1) is 17.6 Å². The molecule has 2 rings (SSSR count). The topological polar surface area (TPSA) is 70.7 Å². The van der Waals surface area contributed by atoms with Crippen molar-refractivity contribution in [1.29, 1.82) is 0 Å². The maximum absolute atomic E-state index is 12.4. The summed E-state index contributed by atoms with van der Waals surface area (Å²) in [7, 11) is 4.64. The average molecular weight is 406 g/mol. The van der Waals surface area contributed by atoms with E-state index in [0.29, 0.717) is 26.1 Å². The number of carbonyl (C=O) groups is 2. The number of hydrogen-bond donors (Lipinski definition) is 2. The second kappa shape index (κ2) is 8.49. The highest BCUT2D eigenvalue weighted by Crippen LogP contribution is 2.34. The summed E-state index contributed by atoms with van der Waals surface area (Å²) in [5, 5.41) is 6.96. The molecule has 8 heteroatoms. The molecule has 144 valence electrons. The number of nitrogens with one attached hydrogen (secondary N) is 2. The van der Waals surface area contributed by atoms with E-state index in [1.54, 1.807) is 21.0 Å². The molecule has 1 aromatic heterocycles. The first-order chi connectivity index (χ1) is 12.6. The van der Waals surface area contributed by atoms with E-state index in [1.165, 1.54) is 23.3 Å². The van der Waals surface area contributed by atoms with Gasteiger partial charge in [-0.25, -0.2) is 4.79 Å². The smallest absolute Gasteiger partial charge is 0.341 e. The Bertz CT molecular complexity index is 884. The molecule has 0 atom stereocenters. The zero-order valence-electron chi connectivity index (χ0n) is 16.2. The third-order valence-electron chi connectivity index (χ3n) is 3.84. The van der Waals surface area contributed by atoms with Crippen LogP contribution in [0.25, 0.3) is 0 Å². The molecule has 0 aliphatic heterocycles. The molecular formula is C19H23N3O3S2. The minimum Gasteiger partial charge on any atom is -0.465 e. The van der Waals surface area contributed by atoms with Crippen LogP contribution in [-0.2, 0) is 4.74 Å². The Labute approximate surface area is 168 Å². The van der Waals surface area contributed by atoms with Gasteiger partial charge in [-0.05, 0) is 61.8 Å². The van der Waals surface area contributed by atoms with Gasteiger partial charge in [-0.1, -0.05) is 6.07 Å². The monoisotopic (exact) mass is 405 g/mol. The summed E-state index contributed by atoms with van der Waals surface area (Å²) in [5.74, 6) is -0.692. The van der Waals surface area contributed by atoms with Crippen LogP contribution in [0.2, 0.25) is 0 Å². The summed E-state index contributed by atoms with van der Waals surface area (Å²) in [6.45, 7) is 5.74. The molecule has 0 saturated heterocycles. The van der Waals surface area contributed by atoms with Crippen molar-refractivity contribution >= 4 is 51.2 Å². The maximum Gasteiger partial charge on any atom is 0.341 e. The Balaban J connectivity index is 2.33. The number of aryl methyl sites for hydroxylation is 2. The number of ether oxygens (including phenoxy) is 1. The Morgan fingerprint density at radius 1 is 1.07 bits per heavy atom. The number of hydrogen-bond acceptors (Lipinski definition) is 5. The lowest BCUT2D eigenvalue weighted by Gasteiger charge is -2.12. The summed E-state index contributed by atoms with van der Waals surface area (Å²) < 4.78 is 4.88. The predicted octanol–water partition coefficient (Wildman–Crippen LogP) is 3.97. The minimum absolute atomic E-state index is 0.177. The standard InChI is InChI=1S/C19H23N3O3S2/c1-10-7-11(2)9-13(8-10)20-19(26)21-16-14(18(24)25-6)12(3)15(27-16)17(23)22(4)5/h7-9H,1-6H3,(H2,20,21,26). The van der Waals surface area contributed by atoms with Gasteiger partial charge in [-0.2, -0.15) is 0 Å². The first kappa shape index (κ1) is 20.9. The van der Waals surface area contributed by atoms with E-state index >= 15 is 0 Å². The van der Waals surface area contributed by atoms with Crippen LogP contribution in [0, 0.1) is 20.8 Å². The van der Waals surface area contributed by atoms with Crippen LogP contribution in [0.1, 0.15) is 36.7 Å². The maximum atomic E-state index is 12.4. The quantitative estimate of drug-likeness (QED) is 0.592. The van der Waals surface area contributed by atoms with Crippen LogP contribution in [0.15, 0.2) is 18.2 Å². The van der Waals surface area contributed by atoms with E-state index < -0.39 is 5.97 Å². The van der Waals surface area contributed by atoms with Gasteiger partial charge in [-0.15, -0.1) is 11.3 Å². The summed E-state index contributed by atoms with van der Waals surface area (Å²) >= 11 is 6.57. The van der Waals surface area contributed by atoms with Gasteiger partial charge in [0.1, 0.15) is 5.00 Å². The minimum atomic E-state index is -0.516. The summed E-state index contributed by atoms with van der Waals surface area (Å²) in [6.07, 6.45) is 0. The molecule has 1 heterocycles. The Kier molecular flexibility index (Phi) is 6.56. The summed E-state index contributed by atoms with van der Waals surface area (Å²) in [5.41, 5.74) is 3.96. The Hall–Kier alpha value is -2.45. The van der Waals surface area contributed by atoms with Gasteiger partial charge in [-0.3, -0.25) is 4.79 Å². The molecule has 0 fully saturated rings. The van der Waals surface area contributed by atoms with Crippen LogP contribution in [0.5, 0.6) is 0 Å². The highest BCUT2D eigenvalue weighted by Gasteiger charge is 2.26. The van der Waals surface area contributed by atoms with Gasteiger partial charge in [0, 0.05) is 19.8 Å². The zero-order valence-corrected chi connectivity index (χ0v) is 17.9. The van der Waals surface area contributed by atoms with Gasteiger partial charge in [0.25, 0.3) is 5.91 Å². The van der Waals surface area contributed by atoms with E-state index in [-0.39, 0.29) is 5.91 Å². The predicted molar refractivity (Wildman–Crippen MR) is 114 cm³/mol. The zero-order chi connectivity index (χ0) is 20.3. The average Bonchev–Trinajstić information content (AvgIpc) is 2.88. The van der Waals surface area contributed by atoms with Crippen molar-refractivity contribution in [3.8, 4) is 0 Å². The molecule has 0 bridgehead atoms. The van der Waals surface area contributed by atoms with Crippen molar-refractivity contribution in [3.05, 3.63) is 45.3 Å². The van der Waals surface area contributed by atoms with Gasteiger partial charge in [0.15, 0.2) is 5.11 Å². The number of methoxy groups -OCH3 is 1. The van der Waals surface area contributed by atoms with E-state index in [0.717, 1.165) is 16.8 Å². The SMILES string of the molecule is COC(=O)c1c(NC(=S)Nc2cc(C)cc(C)c2)sc(C(=O)N(C)C)c1C. The first-order valence-electron chi connectivity index (χ1n) is 8.23. The van der Waals surface area contributed by atoms with E-state index in [9.17, 15) is 9.59 Å². The molecule has 0 aliphatic carbocycles. The van der Waals surface area contributed by atoms with Gasteiger partial charge >= 0.3 is 5.97 Å². The lowest BCUT2D eigenvalue weighted by molar-refractivity contribution is 0.0601. The Morgan fingerprint density at radius 2 is 1.67 bits per heavy atom. The van der Waals surface area contributed by atoms with Crippen LogP contribution < -0.4 is 10.6 Å². The van der Waals surface area contributed by atoms with Crippen LogP contribution >= 0.6 is 23.6 Å². The van der Waals surface area contributed by atoms with Crippen molar-refractivity contribution in [3.63, 3.8) is 0 Å². The molecule has 2 N–H and O–H groups in total. The third-order valence-corrected chi connectivity index (χ3v) is 5.24. The van der Waals surface area contributed by atoms with Crippen LogP contribution in [0.3, 0.4) is 0 Å². The normalized spacial score (nSPS) is 10.3. The fraction of sp³-hybridized carbons (Fsp3) is 0.316. The molecule has 0 radical (unpaired) electrons. The molecular weight excluding hydrogens is 382 g/mol. The molecule has 6 nitrogen and oxygen atoms in total. The van der Waals surface area contributed by atoms with E-state index in [1.807, 2.05) is 26.0 Å². The van der Waals surface area contributed by atoms with Gasteiger partial charge in [0.2, 0.25) is 0 Å². The number of esters is 1. The molecule has 1 amide bonds. The lowest BCUT2D eigenvalue weighted by atomic mass is 10.1. The molecule has 27 heavy (non-hydrogen) atoms. The van der Waals surface area contributed by atoms with E-state index in [2.05, 4.69) is 16.7 Å². The number of carbonyl (C=O) groups excluding carboxylic acids is 2. The molecule has 0 spiro atoms. The number of benzene rings is 1. The lowest BCUT2D eigenvalue weighted by Crippen LogP contribution is -2.21. The number of thiocarbonyl (C=S) groups is 1. The number of thiophene rings is 1. The Morgan fingerprint density at radius 3 is 2.19 bits per heavy atom. The summed E-state index contributed by atoms with van der Waals surface area (Å²) in [6, 6.07) is 6.02. The second-order valence-corrected chi connectivity index (χ2v) is 7.84. The van der Waals surface area contributed by atoms with Crippen molar-refractivity contribution in [2.24, 2.45) is 0 Å². The second-order valence-electron chi connectivity index (χ2n) is 6.41. The third kappa shape index (κ3) is 4.84. The molecule has 1 aromatic carbocycles. The van der Waals surface area contributed by atoms with Crippen LogP contribution in [0.4, 0.5) is 10.7 Å².